The van der Waals surface area contributed by atoms with Crippen molar-refractivity contribution < 1.29 is 32.5 Å². The highest BCUT2D eigenvalue weighted by molar-refractivity contribution is 5.92. The van der Waals surface area contributed by atoms with E-state index in [9.17, 15) is 4.79 Å². The zero-order valence-corrected chi connectivity index (χ0v) is 22.8. The van der Waals surface area contributed by atoms with E-state index in [0.29, 0.717) is 49.6 Å². The molecule has 2 aliphatic rings. The molecule has 2 aromatic heterocycles. The number of rotatable bonds is 9. The molecule has 2 saturated heterocycles. The molecule has 0 saturated carbocycles. The fraction of sp³-hybridized carbons (Fsp3) is 0.429. The number of hydrogen-bond acceptors (Lipinski definition) is 10. The fourth-order valence-electron chi connectivity index (χ4n) is 4.94. The number of nitrogens with zero attached hydrogens (tertiary/aromatic N) is 3. The molecular formula is C28H32F2N6O5. The second-order valence-corrected chi connectivity index (χ2v) is 9.74. The average molecular weight is 571 g/mol. The lowest BCUT2D eigenvalue weighted by Crippen LogP contribution is -2.52. The van der Waals surface area contributed by atoms with E-state index < -0.39 is 11.6 Å². The van der Waals surface area contributed by atoms with Crippen LogP contribution < -0.4 is 25.4 Å². The van der Waals surface area contributed by atoms with Gasteiger partial charge in [0.1, 0.15) is 5.52 Å². The van der Waals surface area contributed by atoms with Crippen LogP contribution in [0.15, 0.2) is 31.0 Å². The summed E-state index contributed by atoms with van der Waals surface area (Å²) < 4.78 is 52.2. The van der Waals surface area contributed by atoms with Crippen molar-refractivity contribution in [1.82, 2.24) is 20.3 Å². The lowest BCUT2D eigenvalue weighted by molar-refractivity contribution is -0.117. The molecule has 2 atom stereocenters. The molecule has 3 aromatic rings. The van der Waals surface area contributed by atoms with E-state index in [4.69, 9.17) is 23.9 Å². The van der Waals surface area contributed by atoms with Gasteiger partial charge in [0, 0.05) is 43.5 Å². The molecular weight excluding hydrogens is 538 g/mol. The van der Waals surface area contributed by atoms with Crippen LogP contribution in [-0.4, -0.2) is 79.6 Å². The molecule has 1 aromatic carbocycles. The van der Waals surface area contributed by atoms with Gasteiger partial charge in [0.25, 0.3) is 0 Å². The molecule has 41 heavy (non-hydrogen) atoms. The molecule has 0 aliphatic carbocycles. The highest BCUT2D eigenvalue weighted by atomic mass is 19.1. The van der Waals surface area contributed by atoms with Crippen LogP contribution in [0.25, 0.3) is 22.2 Å². The third-order valence-corrected chi connectivity index (χ3v) is 7.14. The van der Waals surface area contributed by atoms with Crippen molar-refractivity contribution in [2.75, 3.05) is 51.3 Å². The normalized spacial score (nSPS) is 19.4. The van der Waals surface area contributed by atoms with Gasteiger partial charge in [-0.25, -0.2) is 23.7 Å². The second kappa shape index (κ2) is 12.6. The largest absolute Gasteiger partial charge is 0.494 e. The molecule has 4 heterocycles. The van der Waals surface area contributed by atoms with Gasteiger partial charge in [-0.05, 0) is 31.4 Å². The summed E-state index contributed by atoms with van der Waals surface area (Å²) in [6.45, 7) is 5.51. The van der Waals surface area contributed by atoms with Crippen LogP contribution in [0.5, 0.6) is 11.5 Å². The van der Waals surface area contributed by atoms with E-state index in [1.807, 2.05) is 0 Å². The minimum Gasteiger partial charge on any atom is -0.494 e. The molecule has 13 heteroatoms. The number of benzene rings is 1. The number of pyridine rings is 1. The molecule has 0 spiro atoms. The molecule has 1 amide bonds. The van der Waals surface area contributed by atoms with Crippen molar-refractivity contribution >= 4 is 28.6 Å². The van der Waals surface area contributed by atoms with E-state index in [1.165, 1.54) is 26.4 Å². The molecule has 0 unspecified atom stereocenters. The van der Waals surface area contributed by atoms with Crippen molar-refractivity contribution in [3.05, 3.63) is 42.6 Å². The summed E-state index contributed by atoms with van der Waals surface area (Å²) in [5, 5.41) is 10.1. The van der Waals surface area contributed by atoms with E-state index in [2.05, 4.69) is 32.5 Å². The zero-order chi connectivity index (χ0) is 28.9. The molecule has 11 nitrogen and oxygen atoms in total. The van der Waals surface area contributed by atoms with Gasteiger partial charge in [-0.1, -0.05) is 6.58 Å². The van der Waals surface area contributed by atoms with Gasteiger partial charge in [0.15, 0.2) is 29.0 Å². The number of fused-ring (bicyclic) bond motifs is 1. The maximum Gasteiger partial charge on any atom is 0.243 e. The smallest absolute Gasteiger partial charge is 0.243 e. The predicted molar refractivity (Wildman–Crippen MR) is 148 cm³/mol. The number of ether oxygens (including phenoxy) is 4. The van der Waals surface area contributed by atoms with E-state index in [1.54, 1.807) is 6.20 Å². The lowest BCUT2D eigenvalue weighted by atomic mass is 10.0. The summed E-state index contributed by atoms with van der Waals surface area (Å²) in [5.41, 5.74) is 0.0914. The minimum atomic E-state index is -0.904. The summed E-state index contributed by atoms with van der Waals surface area (Å²) in [7, 11) is 2.58. The van der Waals surface area contributed by atoms with Crippen LogP contribution in [0.2, 0.25) is 0 Å². The summed E-state index contributed by atoms with van der Waals surface area (Å²) in [4.78, 5) is 25.7. The Hall–Kier alpha value is -4.10. The molecule has 5 rings (SSSR count). The first-order valence-electron chi connectivity index (χ1n) is 13.3. The highest BCUT2D eigenvalue weighted by Gasteiger charge is 2.28. The van der Waals surface area contributed by atoms with Crippen LogP contribution in [0.1, 0.15) is 19.3 Å². The number of nitrogens with one attached hydrogen (secondary N) is 3. The average Bonchev–Trinajstić information content (AvgIpc) is 2.99. The molecule has 0 bridgehead atoms. The molecule has 218 valence electrons. The van der Waals surface area contributed by atoms with Crippen LogP contribution >= 0.6 is 0 Å². The maximum atomic E-state index is 15.4. The standard InChI is InChI=1S/C28H32F2N6O5/c1-4-22(37)33-17-7-10-41-14-19(17)35-28-31-13-15-11-18(23-24(29)20(38-2)12-21(39-3)25(23)30)34-27(26(15)36-28)32-16-5-8-40-9-6-16/h4,11-13,16-17,19H,1,5-10,14H2,2-3H3,(H,32,34)(H,33,37)(H,31,35,36)/t17-,19+/m0/s1. The Kier molecular flexibility index (Phi) is 8.74. The number of halogens is 2. The SMILES string of the molecule is C=CC(=O)N[C@H]1CCOC[C@H]1Nc1ncc2cc(-c3c(F)c(OC)cc(OC)c3F)nc(NC3CCOCC3)c2n1. The van der Waals surface area contributed by atoms with Crippen molar-refractivity contribution in [2.24, 2.45) is 0 Å². The van der Waals surface area contributed by atoms with Gasteiger partial charge in [0.2, 0.25) is 11.9 Å². The molecule has 0 radical (unpaired) electrons. The highest BCUT2D eigenvalue weighted by Crippen LogP contribution is 2.39. The monoisotopic (exact) mass is 570 g/mol. The summed E-state index contributed by atoms with van der Waals surface area (Å²) in [6.07, 6.45) is 4.83. The Morgan fingerprint density at radius 2 is 1.71 bits per heavy atom. The first-order valence-corrected chi connectivity index (χ1v) is 13.3. The lowest BCUT2D eigenvalue weighted by Gasteiger charge is -2.32. The van der Waals surface area contributed by atoms with Crippen molar-refractivity contribution in [1.29, 1.82) is 0 Å². The number of methoxy groups -OCH3 is 2. The minimum absolute atomic E-state index is 0.0147. The third kappa shape index (κ3) is 6.15. The molecule has 3 N–H and O–H groups in total. The summed E-state index contributed by atoms with van der Waals surface area (Å²) in [5.74, 6) is -1.82. The van der Waals surface area contributed by atoms with Gasteiger partial charge in [-0.15, -0.1) is 0 Å². The Morgan fingerprint density at radius 1 is 1.00 bits per heavy atom. The summed E-state index contributed by atoms with van der Waals surface area (Å²) in [6, 6.07) is 2.17. The van der Waals surface area contributed by atoms with E-state index in [-0.39, 0.29) is 52.7 Å². The fourth-order valence-corrected chi connectivity index (χ4v) is 4.94. The quantitative estimate of drug-likeness (QED) is 0.329. The Bertz CT molecular complexity index is 1410. The Labute approximate surface area is 235 Å². The van der Waals surface area contributed by atoms with E-state index >= 15 is 8.78 Å². The molecule has 2 aliphatic heterocycles. The number of amides is 1. The summed E-state index contributed by atoms with van der Waals surface area (Å²) >= 11 is 0. The zero-order valence-electron chi connectivity index (χ0n) is 22.8. The van der Waals surface area contributed by atoms with Gasteiger partial charge >= 0.3 is 0 Å². The predicted octanol–water partition coefficient (Wildman–Crippen LogP) is 3.45. The number of hydrogen-bond donors (Lipinski definition) is 3. The maximum absolute atomic E-state index is 15.4. The number of carbonyl (C=O) groups is 1. The van der Waals surface area contributed by atoms with Crippen molar-refractivity contribution in [2.45, 2.75) is 37.4 Å². The molecule has 2 fully saturated rings. The van der Waals surface area contributed by atoms with Gasteiger partial charge in [-0.2, -0.15) is 0 Å². The van der Waals surface area contributed by atoms with Gasteiger partial charge in [-0.3, -0.25) is 4.79 Å². The van der Waals surface area contributed by atoms with Crippen molar-refractivity contribution in [3.8, 4) is 22.8 Å². The number of carbonyl (C=O) groups excluding carboxylic acids is 1. The van der Waals surface area contributed by atoms with Crippen LogP contribution in [-0.2, 0) is 14.3 Å². The van der Waals surface area contributed by atoms with Gasteiger partial charge in [0.05, 0.1) is 44.2 Å². The first kappa shape index (κ1) is 28.4. The number of anilines is 2. The topological polar surface area (TPSA) is 129 Å². The van der Waals surface area contributed by atoms with Crippen LogP contribution in [0.3, 0.4) is 0 Å². The van der Waals surface area contributed by atoms with E-state index in [0.717, 1.165) is 18.9 Å². The second-order valence-electron chi connectivity index (χ2n) is 9.74. The van der Waals surface area contributed by atoms with Crippen LogP contribution in [0.4, 0.5) is 20.5 Å². The van der Waals surface area contributed by atoms with Crippen LogP contribution in [0, 0.1) is 11.6 Å². The Morgan fingerprint density at radius 3 is 2.39 bits per heavy atom. The van der Waals surface area contributed by atoms with Gasteiger partial charge < -0.3 is 34.9 Å². The first-order chi connectivity index (χ1) is 19.9. The van der Waals surface area contributed by atoms with Crippen molar-refractivity contribution in [3.63, 3.8) is 0 Å². The number of aromatic nitrogens is 3. The third-order valence-electron chi connectivity index (χ3n) is 7.14. The Balaban J connectivity index is 1.56.